The van der Waals surface area contributed by atoms with Gasteiger partial charge < -0.3 is 24.8 Å². The second kappa shape index (κ2) is 11.0. The highest BCUT2D eigenvalue weighted by molar-refractivity contribution is 5.74. The van der Waals surface area contributed by atoms with E-state index < -0.39 is 0 Å². The molecule has 6 nitrogen and oxygen atoms in total. The summed E-state index contributed by atoms with van der Waals surface area (Å²) in [5.74, 6) is 2.38. The fraction of sp³-hybridized carbons (Fsp3) is 0.381. The number of hydrogen-bond donors (Lipinski definition) is 2. The highest BCUT2D eigenvalue weighted by atomic mass is 16.5. The smallest absolute Gasteiger partial charge is 0.315 e. The summed E-state index contributed by atoms with van der Waals surface area (Å²) in [4.78, 5) is 12.1. The molecule has 2 N–H and O–H groups in total. The second-order valence-corrected chi connectivity index (χ2v) is 6.01. The van der Waals surface area contributed by atoms with Crippen LogP contribution in [0.5, 0.6) is 17.2 Å². The van der Waals surface area contributed by atoms with E-state index in [4.69, 9.17) is 14.2 Å². The largest absolute Gasteiger partial charge is 0.497 e. The van der Waals surface area contributed by atoms with Gasteiger partial charge in [-0.1, -0.05) is 19.1 Å². The molecule has 0 aliphatic heterocycles. The van der Waals surface area contributed by atoms with Crippen molar-refractivity contribution in [3.8, 4) is 17.2 Å². The summed E-state index contributed by atoms with van der Waals surface area (Å²) in [6.45, 7) is 3.11. The van der Waals surface area contributed by atoms with Crippen LogP contribution in [0.1, 0.15) is 31.4 Å². The molecule has 2 rings (SSSR count). The Morgan fingerprint density at radius 3 is 2.04 bits per heavy atom. The molecule has 0 aliphatic rings. The molecule has 0 bridgehead atoms. The normalized spacial score (nSPS) is 11.4. The number of amides is 2. The highest BCUT2D eigenvalue weighted by Gasteiger charge is 2.12. The summed E-state index contributed by atoms with van der Waals surface area (Å²) in [7, 11) is 3.26. The maximum atomic E-state index is 12.1. The van der Waals surface area contributed by atoms with Crippen LogP contribution in [0.3, 0.4) is 0 Å². The lowest BCUT2D eigenvalue weighted by atomic mass is 10.0. The molecule has 0 spiro atoms. The van der Waals surface area contributed by atoms with Gasteiger partial charge >= 0.3 is 6.03 Å². The van der Waals surface area contributed by atoms with Gasteiger partial charge in [0.05, 0.1) is 26.9 Å². The zero-order valence-electron chi connectivity index (χ0n) is 16.2. The van der Waals surface area contributed by atoms with E-state index in [1.54, 1.807) is 14.2 Å². The van der Waals surface area contributed by atoms with Crippen LogP contribution in [0.4, 0.5) is 4.79 Å². The minimum Gasteiger partial charge on any atom is -0.497 e. The van der Waals surface area contributed by atoms with Gasteiger partial charge in [0.15, 0.2) is 0 Å². The van der Waals surface area contributed by atoms with E-state index in [2.05, 4.69) is 10.6 Å². The molecule has 27 heavy (non-hydrogen) atoms. The Morgan fingerprint density at radius 2 is 1.48 bits per heavy atom. The van der Waals surface area contributed by atoms with Crippen LogP contribution in [0, 0.1) is 0 Å². The number of urea groups is 1. The van der Waals surface area contributed by atoms with Gasteiger partial charge in [0, 0.05) is 6.54 Å². The Morgan fingerprint density at radius 1 is 0.926 bits per heavy atom. The third-order valence-corrected chi connectivity index (χ3v) is 4.17. The number of methoxy groups -OCH3 is 2. The van der Waals surface area contributed by atoms with Crippen LogP contribution in [0.25, 0.3) is 0 Å². The van der Waals surface area contributed by atoms with Crippen molar-refractivity contribution >= 4 is 6.03 Å². The third kappa shape index (κ3) is 6.73. The van der Waals surface area contributed by atoms with Crippen LogP contribution in [-0.4, -0.2) is 33.4 Å². The van der Waals surface area contributed by atoms with Gasteiger partial charge in [-0.3, -0.25) is 0 Å². The minimum absolute atomic E-state index is 0.0357. The molecule has 0 aromatic heterocycles. The van der Waals surface area contributed by atoms with Crippen molar-refractivity contribution in [2.45, 2.75) is 25.8 Å². The van der Waals surface area contributed by atoms with Crippen LogP contribution < -0.4 is 24.8 Å². The fourth-order valence-electron chi connectivity index (χ4n) is 2.60. The number of hydrogen-bond acceptors (Lipinski definition) is 4. The van der Waals surface area contributed by atoms with Gasteiger partial charge in [-0.05, 0) is 54.8 Å². The molecular weight excluding hydrogens is 344 g/mol. The average Bonchev–Trinajstić information content (AvgIpc) is 2.72. The number of carbonyl (C=O) groups excluding carboxylic acids is 1. The van der Waals surface area contributed by atoms with Crippen molar-refractivity contribution < 1.29 is 19.0 Å². The summed E-state index contributed by atoms with van der Waals surface area (Å²) in [5, 5.41) is 5.87. The van der Waals surface area contributed by atoms with E-state index in [-0.39, 0.29) is 12.1 Å². The third-order valence-electron chi connectivity index (χ3n) is 4.17. The lowest BCUT2D eigenvalue weighted by Crippen LogP contribution is -2.38. The maximum Gasteiger partial charge on any atom is 0.315 e. The maximum absolute atomic E-state index is 12.1. The fourth-order valence-corrected chi connectivity index (χ4v) is 2.60. The van der Waals surface area contributed by atoms with Crippen molar-refractivity contribution in [2.24, 2.45) is 0 Å². The lowest BCUT2D eigenvalue weighted by molar-refractivity contribution is 0.235. The number of ether oxygens (including phenoxy) is 3. The number of rotatable bonds is 10. The first-order valence-electron chi connectivity index (χ1n) is 9.11. The van der Waals surface area contributed by atoms with E-state index in [1.807, 2.05) is 55.5 Å². The summed E-state index contributed by atoms with van der Waals surface area (Å²) >= 11 is 0. The number of benzene rings is 2. The molecule has 0 heterocycles. The molecular formula is C21H28N2O4. The van der Waals surface area contributed by atoms with Crippen molar-refractivity contribution in [1.29, 1.82) is 0 Å². The molecule has 2 amide bonds. The topological polar surface area (TPSA) is 68.8 Å². The molecule has 146 valence electrons. The van der Waals surface area contributed by atoms with E-state index in [0.717, 1.165) is 35.7 Å². The van der Waals surface area contributed by atoms with Gasteiger partial charge in [-0.25, -0.2) is 4.79 Å². The monoisotopic (exact) mass is 372 g/mol. The summed E-state index contributed by atoms with van der Waals surface area (Å²) in [5.41, 5.74) is 1.05. The molecule has 1 unspecified atom stereocenters. The van der Waals surface area contributed by atoms with Gasteiger partial charge in [-0.15, -0.1) is 0 Å². The molecule has 1 atom stereocenters. The van der Waals surface area contributed by atoms with Crippen molar-refractivity contribution in [3.05, 3.63) is 54.1 Å². The Balaban J connectivity index is 1.68. The highest BCUT2D eigenvalue weighted by Crippen LogP contribution is 2.20. The minimum atomic E-state index is -0.179. The quantitative estimate of drug-likeness (QED) is 0.620. The lowest BCUT2D eigenvalue weighted by Gasteiger charge is -2.18. The van der Waals surface area contributed by atoms with E-state index >= 15 is 0 Å². The van der Waals surface area contributed by atoms with Crippen molar-refractivity contribution in [3.63, 3.8) is 0 Å². The molecule has 6 heteroatoms. The molecule has 2 aromatic carbocycles. The second-order valence-electron chi connectivity index (χ2n) is 6.01. The number of nitrogens with one attached hydrogen (secondary N) is 2. The van der Waals surface area contributed by atoms with Crippen LogP contribution >= 0.6 is 0 Å². The summed E-state index contributed by atoms with van der Waals surface area (Å²) in [6.07, 6.45) is 1.53. The van der Waals surface area contributed by atoms with Crippen molar-refractivity contribution in [1.82, 2.24) is 10.6 Å². The van der Waals surface area contributed by atoms with Crippen LogP contribution in [-0.2, 0) is 0 Å². The molecule has 2 aromatic rings. The Hall–Kier alpha value is -2.89. The van der Waals surface area contributed by atoms with E-state index in [9.17, 15) is 4.79 Å². The van der Waals surface area contributed by atoms with Crippen LogP contribution in [0.2, 0.25) is 0 Å². The standard InChI is InChI=1S/C21H28N2O4/c1-4-20(16-6-8-17(25-2)9-7-16)23-21(24)22-14-5-15-27-19-12-10-18(26-3)11-13-19/h6-13,20H,4-5,14-15H2,1-3H3,(H2,22,23,24). The van der Waals surface area contributed by atoms with Gasteiger partial charge in [0.25, 0.3) is 0 Å². The predicted octanol–water partition coefficient (Wildman–Crippen LogP) is 3.92. The molecule has 0 aliphatic carbocycles. The Kier molecular flexibility index (Phi) is 8.29. The van der Waals surface area contributed by atoms with Gasteiger partial charge in [0.1, 0.15) is 17.2 Å². The first kappa shape index (κ1) is 20.4. The Bertz CT molecular complexity index is 686. The number of carbonyl (C=O) groups is 1. The van der Waals surface area contributed by atoms with Gasteiger partial charge in [0.2, 0.25) is 0 Å². The molecule has 0 saturated heterocycles. The average molecular weight is 372 g/mol. The molecule has 0 fully saturated rings. The van der Waals surface area contributed by atoms with E-state index in [0.29, 0.717) is 13.2 Å². The van der Waals surface area contributed by atoms with E-state index in [1.165, 1.54) is 0 Å². The van der Waals surface area contributed by atoms with Crippen LogP contribution in [0.15, 0.2) is 48.5 Å². The summed E-state index contributed by atoms with van der Waals surface area (Å²) < 4.78 is 15.9. The first-order chi connectivity index (χ1) is 13.2. The zero-order chi connectivity index (χ0) is 19.5. The molecule has 0 radical (unpaired) electrons. The SMILES string of the molecule is CCC(NC(=O)NCCCOc1ccc(OC)cc1)c1ccc(OC)cc1. The predicted molar refractivity (Wildman–Crippen MR) is 106 cm³/mol. The molecule has 0 saturated carbocycles. The summed E-state index contributed by atoms with van der Waals surface area (Å²) in [6, 6.07) is 14.9. The van der Waals surface area contributed by atoms with Gasteiger partial charge in [-0.2, -0.15) is 0 Å². The first-order valence-corrected chi connectivity index (χ1v) is 9.11. The van der Waals surface area contributed by atoms with Crippen molar-refractivity contribution in [2.75, 3.05) is 27.4 Å². The Labute approximate surface area is 160 Å². The zero-order valence-corrected chi connectivity index (χ0v) is 16.2.